The van der Waals surface area contributed by atoms with Crippen LogP contribution in [0.15, 0.2) is 36.5 Å². The zero-order chi connectivity index (χ0) is 18.1. The van der Waals surface area contributed by atoms with Crippen molar-refractivity contribution in [3.05, 3.63) is 57.8 Å². The molecule has 0 aliphatic carbocycles. The first kappa shape index (κ1) is 17.8. The molecule has 1 saturated heterocycles. The van der Waals surface area contributed by atoms with E-state index in [4.69, 9.17) is 28.2 Å². The van der Waals surface area contributed by atoms with Crippen molar-refractivity contribution < 1.29 is 0 Å². The number of benzene rings is 1. The van der Waals surface area contributed by atoms with Crippen molar-refractivity contribution in [2.75, 3.05) is 26.2 Å². The molecule has 136 valence electrons. The van der Waals surface area contributed by atoms with Crippen LogP contribution in [0.4, 0.5) is 0 Å². The molecular formula is C20H22Cl2N4. The maximum atomic E-state index is 6.27. The van der Waals surface area contributed by atoms with Gasteiger partial charge in [0.05, 0.1) is 16.4 Å². The molecule has 4 rings (SSSR count). The number of pyridine rings is 1. The highest BCUT2D eigenvalue weighted by atomic mass is 35.5. The highest BCUT2D eigenvalue weighted by Gasteiger charge is 2.18. The van der Waals surface area contributed by atoms with E-state index in [9.17, 15) is 0 Å². The summed E-state index contributed by atoms with van der Waals surface area (Å²) in [6.07, 6.45) is 3.12. The van der Waals surface area contributed by atoms with Gasteiger partial charge in [0.25, 0.3) is 0 Å². The number of aromatic nitrogens is 2. The van der Waals surface area contributed by atoms with E-state index >= 15 is 0 Å². The summed E-state index contributed by atoms with van der Waals surface area (Å²) in [6.45, 7) is 7.09. The first-order valence-electron chi connectivity index (χ1n) is 8.98. The summed E-state index contributed by atoms with van der Waals surface area (Å²) in [4.78, 5) is 7.39. The summed E-state index contributed by atoms with van der Waals surface area (Å²) < 4.78 is 2.12. The summed E-state index contributed by atoms with van der Waals surface area (Å²) >= 11 is 12.5. The van der Waals surface area contributed by atoms with Crippen LogP contribution < -0.4 is 5.32 Å². The lowest BCUT2D eigenvalue weighted by molar-refractivity contribution is 0.281. The van der Waals surface area contributed by atoms with Gasteiger partial charge in [-0.25, -0.2) is 4.98 Å². The van der Waals surface area contributed by atoms with Crippen molar-refractivity contribution in [1.29, 1.82) is 0 Å². The number of nitrogens with zero attached hydrogens (tertiary/aromatic N) is 3. The standard InChI is InChI=1S/C20H22Cl2N4/c1-14-11-15(3-5-17(14)22)20-18(13-25-9-2-7-23-8-10-25)26-12-16(21)4-6-19(26)24-20/h3-6,11-12,23H,2,7-10,13H2,1H3. The summed E-state index contributed by atoms with van der Waals surface area (Å²) in [5.74, 6) is 0. The Kier molecular flexibility index (Phi) is 5.18. The van der Waals surface area contributed by atoms with Crippen molar-refractivity contribution in [1.82, 2.24) is 19.6 Å². The minimum absolute atomic E-state index is 0.715. The van der Waals surface area contributed by atoms with Gasteiger partial charge >= 0.3 is 0 Å². The van der Waals surface area contributed by atoms with Crippen molar-refractivity contribution in [2.45, 2.75) is 19.9 Å². The van der Waals surface area contributed by atoms with Gasteiger partial charge in [-0.2, -0.15) is 0 Å². The molecule has 1 fully saturated rings. The molecule has 6 heteroatoms. The average Bonchev–Trinajstić information content (AvgIpc) is 2.80. The van der Waals surface area contributed by atoms with Gasteiger partial charge in [-0.05, 0) is 56.3 Å². The fourth-order valence-corrected chi connectivity index (χ4v) is 3.79. The maximum Gasteiger partial charge on any atom is 0.137 e. The van der Waals surface area contributed by atoms with Crippen LogP contribution in [-0.4, -0.2) is 40.5 Å². The SMILES string of the molecule is Cc1cc(-c2nc3ccc(Cl)cn3c2CN2CCCNCC2)ccc1Cl. The van der Waals surface area contributed by atoms with E-state index in [-0.39, 0.29) is 0 Å². The zero-order valence-electron chi connectivity index (χ0n) is 14.8. The van der Waals surface area contributed by atoms with E-state index < -0.39 is 0 Å². The molecule has 0 atom stereocenters. The zero-order valence-corrected chi connectivity index (χ0v) is 16.3. The third-order valence-electron chi connectivity index (χ3n) is 4.92. The van der Waals surface area contributed by atoms with E-state index in [1.165, 1.54) is 5.69 Å². The van der Waals surface area contributed by atoms with E-state index in [1.54, 1.807) is 0 Å². The van der Waals surface area contributed by atoms with E-state index in [2.05, 4.69) is 20.7 Å². The topological polar surface area (TPSA) is 32.6 Å². The summed E-state index contributed by atoms with van der Waals surface area (Å²) in [6, 6.07) is 9.97. The van der Waals surface area contributed by atoms with Crippen LogP contribution >= 0.6 is 23.2 Å². The summed E-state index contributed by atoms with van der Waals surface area (Å²) in [5, 5.41) is 4.96. The number of aryl methyl sites for hydroxylation is 1. The molecule has 3 aromatic rings. The van der Waals surface area contributed by atoms with Crippen molar-refractivity contribution in [3.63, 3.8) is 0 Å². The maximum absolute atomic E-state index is 6.27. The van der Waals surface area contributed by atoms with Gasteiger partial charge in [-0.15, -0.1) is 0 Å². The lowest BCUT2D eigenvalue weighted by atomic mass is 10.1. The Bertz CT molecular complexity index is 927. The summed E-state index contributed by atoms with van der Waals surface area (Å²) in [7, 11) is 0. The highest BCUT2D eigenvalue weighted by molar-refractivity contribution is 6.31. The Hall–Kier alpha value is -1.59. The fraction of sp³-hybridized carbons (Fsp3) is 0.350. The second-order valence-corrected chi connectivity index (χ2v) is 7.67. The average molecular weight is 389 g/mol. The molecule has 4 nitrogen and oxygen atoms in total. The molecule has 3 heterocycles. The molecule has 1 aliphatic heterocycles. The highest BCUT2D eigenvalue weighted by Crippen LogP contribution is 2.29. The van der Waals surface area contributed by atoms with E-state index in [0.29, 0.717) is 5.02 Å². The molecule has 1 N–H and O–H groups in total. The second kappa shape index (κ2) is 7.57. The predicted octanol–water partition coefficient (Wildman–Crippen LogP) is 4.41. The Morgan fingerprint density at radius 1 is 1.12 bits per heavy atom. The minimum Gasteiger partial charge on any atom is -0.315 e. The van der Waals surface area contributed by atoms with Crippen molar-refractivity contribution in [2.24, 2.45) is 0 Å². The third kappa shape index (κ3) is 3.60. The van der Waals surface area contributed by atoms with Crippen LogP contribution in [0.3, 0.4) is 0 Å². The molecular weight excluding hydrogens is 367 g/mol. The van der Waals surface area contributed by atoms with Crippen molar-refractivity contribution in [3.8, 4) is 11.3 Å². The number of imidazole rings is 1. The third-order valence-corrected chi connectivity index (χ3v) is 5.57. The van der Waals surface area contributed by atoms with E-state index in [1.807, 2.05) is 37.4 Å². The second-order valence-electron chi connectivity index (χ2n) is 6.83. The molecule has 0 saturated carbocycles. The Morgan fingerprint density at radius 2 is 2.00 bits per heavy atom. The molecule has 1 aromatic carbocycles. The largest absolute Gasteiger partial charge is 0.315 e. The molecule has 1 aliphatic rings. The quantitative estimate of drug-likeness (QED) is 0.720. The predicted molar refractivity (Wildman–Crippen MR) is 108 cm³/mol. The molecule has 2 aromatic heterocycles. The molecule has 0 radical (unpaired) electrons. The Labute approximate surface area is 163 Å². The van der Waals surface area contributed by atoms with Crippen LogP contribution in [0.25, 0.3) is 16.9 Å². The number of fused-ring (bicyclic) bond motifs is 1. The van der Waals surface area contributed by atoms with Crippen LogP contribution in [-0.2, 0) is 6.54 Å². The van der Waals surface area contributed by atoms with Crippen LogP contribution in [0.5, 0.6) is 0 Å². The fourth-order valence-electron chi connectivity index (χ4n) is 3.51. The van der Waals surface area contributed by atoms with Gasteiger partial charge in [-0.1, -0.05) is 29.3 Å². The number of hydrogen-bond acceptors (Lipinski definition) is 3. The number of hydrogen-bond donors (Lipinski definition) is 1. The molecule has 0 amide bonds. The Balaban J connectivity index is 1.81. The molecule has 26 heavy (non-hydrogen) atoms. The van der Waals surface area contributed by atoms with Gasteiger partial charge in [-0.3, -0.25) is 4.90 Å². The summed E-state index contributed by atoms with van der Waals surface area (Å²) in [5.41, 5.74) is 5.24. The Morgan fingerprint density at radius 3 is 2.85 bits per heavy atom. The normalized spacial score (nSPS) is 16.1. The van der Waals surface area contributed by atoms with E-state index in [0.717, 1.165) is 66.6 Å². The van der Waals surface area contributed by atoms with Gasteiger partial charge in [0.15, 0.2) is 0 Å². The monoisotopic (exact) mass is 388 g/mol. The molecule has 0 spiro atoms. The lowest BCUT2D eigenvalue weighted by Gasteiger charge is -2.20. The van der Waals surface area contributed by atoms with Crippen molar-refractivity contribution >= 4 is 28.8 Å². The molecule has 0 unspecified atom stereocenters. The first-order chi connectivity index (χ1) is 12.6. The number of nitrogens with one attached hydrogen (secondary N) is 1. The van der Waals surface area contributed by atoms with Gasteiger partial charge in [0, 0.05) is 36.4 Å². The first-order valence-corrected chi connectivity index (χ1v) is 9.73. The van der Waals surface area contributed by atoms with Crippen LogP contribution in [0, 0.1) is 6.92 Å². The van der Waals surface area contributed by atoms with Gasteiger partial charge in [0.1, 0.15) is 5.65 Å². The minimum atomic E-state index is 0.715. The molecule has 0 bridgehead atoms. The lowest BCUT2D eigenvalue weighted by Crippen LogP contribution is -2.28. The van der Waals surface area contributed by atoms with Crippen LogP contribution in [0.2, 0.25) is 10.0 Å². The van der Waals surface area contributed by atoms with Gasteiger partial charge in [0.2, 0.25) is 0 Å². The van der Waals surface area contributed by atoms with Crippen LogP contribution in [0.1, 0.15) is 17.7 Å². The number of halogens is 2. The number of rotatable bonds is 3. The smallest absolute Gasteiger partial charge is 0.137 e. The van der Waals surface area contributed by atoms with Gasteiger partial charge < -0.3 is 9.72 Å².